The maximum absolute atomic E-state index is 8.65. The van der Waals surface area contributed by atoms with E-state index < -0.39 is 6.16 Å². The molecule has 0 aliphatic rings. The van der Waals surface area contributed by atoms with Crippen molar-refractivity contribution >= 4 is 35.7 Å². The molecule has 68 valence electrons. The first-order valence-corrected chi connectivity index (χ1v) is 2.92. The van der Waals surface area contributed by atoms with Crippen molar-refractivity contribution < 1.29 is 25.2 Å². The van der Waals surface area contributed by atoms with Gasteiger partial charge in [0.2, 0.25) is 0 Å². The van der Waals surface area contributed by atoms with Gasteiger partial charge in [0, 0.05) is 6.07 Å². The summed E-state index contributed by atoms with van der Waals surface area (Å²) in [6, 6.07) is 5.85. The van der Waals surface area contributed by atoms with Crippen LogP contribution in [0.2, 0.25) is 0 Å². The Balaban J connectivity index is 0. The summed E-state index contributed by atoms with van der Waals surface area (Å²) in [6.45, 7) is 0. The molecule has 0 bridgehead atoms. The number of hydrogen-bond acceptors (Lipinski definition) is 3. The van der Waals surface area contributed by atoms with E-state index in [1.54, 1.807) is 6.07 Å². The molecule has 0 aliphatic carbocycles. The standard InChI is InChI=1S/C6H6O2.CH2O3.Na.H/c7-5-2-1-3-6(8)4-5;2-1(3)4;;/h1-4,7-8H;(H2,2,3,4);;. The van der Waals surface area contributed by atoms with Crippen LogP contribution in [0.5, 0.6) is 11.5 Å². The number of aromatic hydroxyl groups is 2. The van der Waals surface area contributed by atoms with Crippen molar-refractivity contribution in [2.45, 2.75) is 0 Å². The number of benzene rings is 1. The fourth-order valence-corrected chi connectivity index (χ4v) is 0.493. The molecule has 0 atom stereocenters. The minimum absolute atomic E-state index is 0. The number of carbonyl (C=O) groups is 1. The number of phenols is 2. The normalized spacial score (nSPS) is 7.38. The third kappa shape index (κ3) is 11.1. The van der Waals surface area contributed by atoms with Crippen LogP contribution in [0, 0.1) is 0 Å². The van der Waals surface area contributed by atoms with E-state index in [0.717, 1.165) is 0 Å². The second kappa shape index (κ2) is 7.72. The first-order valence-electron chi connectivity index (χ1n) is 2.92. The van der Waals surface area contributed by atoms with Crippen molar-refractivity contribution in [3.63, 3.8) is 0 Å². The predicted molar refractivity (Wildman–Crippen MR) is 47.6 cm³/mol. The first-order chi connectivity index (χ1) is 5.52. The van der Waals surface area contributed by atoms with Gasteiger partial charge < -0.3 is 20.4 Å². The Hall–Kier alpha value is -0.910. The molecule has 0 amide bonds. The summed E-state index contributed by atoms with van der Waals surface area (Å²) in [7, 11) is 0. The second-order valence-corrected chi connectivity index (χ2v) is 1.80. The monoisotopic (exact) mass is 196 g/mol. The van der Waals surface area contributed by atoms with E-state index in [1.165, 1.54) is 18.2 Å². The molecule has 5 nitrogen and oxygen atoms in total. The molecule has 1 rings (SSSR count). The van der Waals surface area contributed by atoms with Crippen LogP contribution < -0.4 is 0 Å². The molecule has 1 aromatic rings. The molecule has 0 radical (unpaired) electrons. The summed E-state index contributed by atoms with van der Waals surface area (Å²) in [5.41, 5.74) is 0. The zero-order valence-corrected chi connectivity index (χ0v) is 6.01. The Labute approximate surface area is 96.6 Å². The van der Waals surface area contributed by atoms with Crippen molar-refractivity contribution in [3.8, 4) is 11.5 Å². The molecule has 0 spiro atoms. The molecule has 6 heteroatoms. The van der Waals surface area contributed by atoms with E-state index in [0.29, 0.717) is 0 Å². The van der Waals surface area contributed by atoms with Crippen LogP contribution >= 0.6 is 0 Å². The van der Waals surface area contributed by atoms with Crippen molar-refractivity contribution in [2.24, 2.45) is 0 Å². The Morgan fingerprint density at radius 3 is 1.54 bits per heavy atom. The summed E-state index contributed by atoms with van der Waals surface area (Å²) >= 11 is 0. The molecule has 4 N–H and O–H groups in total. The van der Waals surface area contributed by atoms with Gasteiger partial charge >= 0.3 is 35.7 Å². The van der Waals surface area contributed by atoms with Crippen LogP contribution in [0.3, 0.4) is 0 Å². The molecule has 0 fully saturated rings. The summed E-state index contributed by atoms with van der Waals surface area (Å²) in [4.78, 5) is 8.56. The Bertz CT molecular complexity index is 242. The molecule has 13 heavy (non-hydrogen) atoms. The molecular weight excluding hydrogens is 187 g/mol. The fourth-order valence-electron chi connectivity index (χ4n) is 0.493. The number of hydrogen-bond donors (Lipinski definition) is 4. The fraction of sp³-hybridized carbons (Fsp3) is 0. The van der Waals surface area contributed by atoms with Crippen LogP contribution in [0.1, 0.15) is 0 Å². The number of phenolic OH excluding ortho intramolecular Hbond substituents is 2. The molecule has 1 aromatic carbocycles. The van der Waals surface area contributed by atoms with Crippen molar-refractivity contribution in [1.29, 1.82) is 0 Å². The van der Waals surface area contributed by atoms with Crippen molar-refractivity contribution in [2.75, 3.05) is 0 Å². The van der Waals surface area contributed by atoms with Gasteiger partial charge in [0.05, 0.1) is 0 Å². The third-order valence-corrected chi connectivity index (χ3v) is 0.830. The topological polar surface area (TPSA) is 98.0 Å². The average Bonchev–Trinajstić information content (AvgIpc) is 1.84. The average molecular weight is 196 g/mol. The van der Waals surface area contributed by atoms with E-state index in [4.69, 9.17) is 25.2 Å². The van der Waals surface area contributed by atoms with Gasteiger partial charge in [-0.15, -0.1) is 0 Å². The first kappa shape index (κ1) is 14.6. The van der Waals surface area contributed by atoms with Gasteiger partial charge in [0.1, 0.15) is 11.5 Å². The Morgan fingerprint density at radius 1 is 1.08 bits per heavy atom. The SMILES string of the molecule is O=C(O)O.Oc1cccc(O)c1.[NaH]. The van der Waals surface area contributed by atoms with Crippen LogP contribution in [0.4, 0.5) is 4.79 Å². The second-order valence-electron chi connectivity index (χ2n) is 1.80. The Kier molecular flexibility index (Phi) is 8.68. The van der Waals surface area contributed by atoms with Gasteiger partial charge in [-0.1, -0.05) is 6.07 Å². The van der Waals surface area contributed by atoms with E-state index in [-0.39, 0.29) is 41.1 Å². The van der Waals surface area contributed by atoms with Crippen LogP contribution in [0.25, 0.3) is 0 Å². The minimum atomic E-state index is -1.83. The van der Waals surface area contributed by atoms with Gasteiger partial charge in [0.25, 0.3) is 0 Å². The van der Waals surface area contributed by atoms with Crippen LogP contribution in [-0.2, 0) is 0 Å². The van der Waals surface area contributed by atoms with Gasteiger partial charge in [-0.05, 0) is 12.1 Å². The predicted octanol–water partition coefficient (Wildman–Crippen LogP) is 0.672. The maximum atomic E-state index is 8.65. The van der Waals surface area contributed by atoms with E-state index in [1.807, 2.05) is 0 Å². The molecule has 0 heterocycles. The van der Waals surface area contributed by atoms with Crippen molar-refractivity contribution in [3.05, 3.63) is 24.3 Å². The zero-order valence-electron chi connectivity index (χ0n) is 6.01. The molecule has 0 aromatic heterocycles. The molecule has 0 saturated carbocycles. The Morgan fingerprint density at radius 2 is 1.38 bits per heavy atom. The van der Waals surface area contributed by atoms with Gasteiger partial charge in [-0.2, -0.15) is 0 Å². The zero-order chi connectivity index (χ0) is 9.56. The quantitative estimate of drug-likeness (QED) is 0.457. The van der Waals surface area contributed by atoms with Gasteiger partial charge in [0.15, 0.2) is 0 Å². The molecule has 0 unspecified atom stereocenters. The van der Waals surface area contributed by atoms with Gasteiger partial charge in [-0.25, -0.2) is 4.79 Å². The van der Waals surface area contributed by atoms with E-state index in [9.17, 15) is 0 Å². The molecular formula is C7H9NaO5. The van der Waals surface area contributed by atoms with E-state index in [2.05, 4.69) is 0 Å². The summed E-state index contributed by atoms with van der Waals surface area (Å²) in [5, 5.41) is 31.3. The van der Waals surface area contributed by atoms with Crippen molar-refractivity contribution in [1.82, 2.24) is 0 Å². The van der Waals surface area contributed by atoms with Crippen LogP contribution in [-0.4, -0.2) is 56.1 Å². The van der Waals surface area contributed by atoms with E-state index >= 15 is 0 Å². The summed E-state index contributed by atoms with van der Waals surface area (Å²) in [6.07, 6.45) is -1.83. The van der Waals surface area contributed by atoms with Gasteiger partial charge in [-0.3, -0.25) is 0 Å². The summed E-state index contributed by atoms with van der Waals surface area (Å²) < 4.78 is 0. The summed E-state index contributed by atoms with van der Waals surface area (Å²) in [5.74, 6) is 0.176. The van der Waals surface area contributed by atoms with Crippen LogP contribution in [0.15, 0.2) is 24.3 Å². The molecule has 0 saturated heterocycles. The number of rotatable bonds is 0. The third-order valence-electron chi connectivity index (χ3n) is 0.830. The molecule has 0 aliphatic heterocycles. The number of carboxylic acid groups (broad SMARTS) is 2.